The number of halogens is 1. The van der Waals surface area contributed by atoms with Crippen LogP contribution in [0.2, 0.25) is 0 Å². The minimum atomic E-state index is -0.181. The first kappa shape index (κ1) is 21.8. The van der Waals surface area contributed by atoms with E-state index in [0.717, 1.165) is 25.9 Å². The highest BCUT2D eigenvalue weighted by Crippen LogP contribution is 2.18. The van der Waals surface area contributed by atoms with Crippen molar-refractivity contribution in [2.24, 2.45) is 0 Å². The normalized spacial score (nSPS) is 13.6. The molecule has 0 N–H and O–H groups in total. The van der Waals surface area contributed by atoms with Gasteiger partial charge in [-0.1, -0.05) is 6.92 Å². The third kappa shape index (κ3) is 5.08. The maximum absolute atomic E-state index is 12.9. The molecule has 0 saturated carbocycles. The van der Waals surface area contributed by atoms with E-state index < -0.39 is 0 Å². The first-order valence-electron chi connectivity index (χ1n) is 9.12. The van der Waals surface area contributed by atoms with Crippen LogP contribution in [-0.4, -0.2) is 61.3 Å². The maximum atomic E-state index is 12.9. The van der Waals surface area contributed by atoms with Crippen LogP contribution in [0.5, 0.6) is 5.75 Å². The summed E-state index contributed by atoms with van der Waals surface area (Å²) >= 11 is 0. The number of aryl methyl sites for hydroxylation is 1. The first-order valence-corrected chi connectivity index (χ1v) is 9.12. The molecule has 8 nitrogen and oxygen atoms in total. The molecule has 0 unspecified atom stereocenters. The lowest BCUT2D eigenvalue weighted by atomic mass is 10.2. The molecule has 152 valence electrons. The van der Waals surface area contributed by atoms with Crippen molar-refractivity contribution < 1.29 is 14.3 Å². The van der Waals surface area contributed by atoms with Crippen molar-refractivity contribution in [2.45, 2.75) is 19.8 Å². The van der Waals surface area contributed by atoms with Crippen LogP contribution in [-0.2, 0) is 11.2 Å². The topological polar surface area (TPSA) is 80.7 Å². The zero-order valence-corrected chi connectivity index (χ0v) is 17.2. The molecule has 1 aromatic heterocycles. The molecule has 2 aromatic rings. The summed E-state index contributed by atoms with van der Waals surface area (Å²) in [5.74, 6) is 2.17. The minimum absolute atomic E-state index is 0. The van der Waals surface area contributed by atoms with E-state index >= 15 is 0 Å². The molecular formula is C19H26ClN5O3. The van der Waals surface area contributed by atoms with Gasteiger partial charge >= 0.3 is 0 Å². The van der Waals surface area contributed by atoms with Gasteiger partial charge in [0.1, 0.15) is 11.6 Å². The Morgan fingerprint density at radius 3 is 2.46 bits per heavy atom. The fraction of sp³-hybridized carbons (Fsp3) is 0.474. The summed E-state index contributed by atoms with van der Waals surface area (Å²) in [6.07, 6.45) is 1.65. The first-order chi connectivity index (χ1) is 13.1. The molecule has 2 heterocycles. The maximum Gasteiger partial charge on any atom is 0.260 e. The predicted octanol–water partition coefficient (Wildman–Crippen LogP) is 2.37. The zero-order chi connectivity index (χ0) is 19.2. The Morgan fingerprint density at radius 2 is 1.86 bits per heavy atom. The number of morpholine rings is 1. The molecular weight excluding hydrogens is 382 g/mol. The van der Waals surface area contributed by atoms with Gasteiger partial charge in [-0.2, -0.15) is 15.0 Å². The lowest BCUT2D eigenvalue weighted by Gasteiger charge is -2.27. The number of methoxy groups -OCH3 is 1. The van der Waals surface area contributed by atoms with Gasteiger partial charge in [0, 0.05) is 32.1 Å². The second-order valence-electron chi connectivity index (χ2n) is 6.29. The molecule has 3 rings (SSSR count). The van der Waals surface area contributed by atoms with Crippen LogP contribution in [0, 0.1) is 0 Å². The van der Waals surface area contributed by atoms with Gasteiger partial charge in [-0.15, -0.1) is 12.4 Å². The summed E-state index contributed by atoms with van der Waals surface area (Å²) in [5.41, 5.74) is 0.545. The molecule has 0 spiro atoms. The molecule has 0 bridgehead atoms. The summed E-state index contributed by atoms with van der Waals surface area (Å²) in [7, 11) is 3.27. The van der Waals surface area contributed by atoms with Crippen LogP contribution in [0.1, 0.15) is 29.5 Å². The Labute approximate surface area is 171 Å². The van der Waals surface area contributed by atoms with E-state index in [0.29, 0.717) is 42.2 Å². The summed E-state index contributed by atoms with van der Waals surface area (Å²) in [5, 5.41) is 0. The molecule has 1 aromatic carbocycles. The van der Waals surface area contributed by atoms with Gasteiger partial charge in [-0.3, -0.25) is 9.69 Å². The number of amides is 1. The Morgan fingerprint density at radius 1 is 1.18 bits per heavy atom. The third-order valence-electron chi connectivity index (χ3n) is 4.37. The molecule has 1 fully saturated rings. The van der Waals surface area contributed by atoms with Gasteiger partial charge in [-0.25, -0.2) is 0 Å². The highest BCUT2D eigenvalue weighted by molar-refractivity contribution is 6.04. The van der Waals surface area contributed by atoms with Crippen molar-refractivity contribution in [1.29, 1.82) is 0 Å². The van der Waals surface area contributed by atoms with Crippen LogP contribution < -0.4 is 14.5 Å². The molecule has 0 aliphatic carbocycles. The smallest absolute Gasteiger partial charge is 0.260 e. The van der Waals surface area contributed by atoms with Crippen molar-refractivity contribution in [3.63, 3.8) is 0 Å². The average Bonchev–Trinajstić information content (AvgIpc) is 2.73. The summed E-state index contributed by atoms with van der Waals surface area (Å²) in [6, 6.07) is 6.98. The van der Waals surface area contributed by atoms with Gasteiger partial charge < -0.3 is 14.4 Å². The Bertz CT molecular complexity index is 782. The monoisotopic (exact) mass is 407 g/mol. The van der Waals surface area contributed by atoms with Crippen molar-refractivity contribution in [3.8, 4) is 5.75 Å². The number of hydrogen-bond acceptors (Lipinski definition) is 7. The number of rotatable bonds is 6. The standard InChI is InChI=1S/C19H25N5O3.ClH/c1-4-5-16-20-18(22-19(21-16)24-10-12-27-13-11-24)23(2)17(25)14-6-8-15(26-3)9-7-14;/h6-9H,4-5,10-13H2,1-3H3;1H. The molecule has 1 aliphatic heterocycles. The molecule has 0 radical (unpaired) electrons. The van der Waals surface area contributed by atoms with E-state index in [2.05, 4.69) is 26.8 Å². The molecule has 9 heteroatoms. The zero-order valence-electron chi connectivity index (χ0n) is 16.4. The van der Waals surface area contributed by atoms with E-state index in [9.17, 15) is 4.79 Å². The lowest BCUT2D eigenvalue weighted by Crippen LogP contribution is -2.38. The molecule has 1 saturated heterocycles. The van der Waals surface area contributed by atoms with Crippen LogP contribution in [0.3, 0.4) is 0 Å². The van der Waals surface area contributed by atoms with Crippen molar-refractivity contribution in [1.82, 2.24) is 15.0 Å². The third-order valence-corrected chi connectivity index (χ3v) is 4.37. The van der Waals surface area contributed by atoms with Crippen LogP contribution >= 0.6 is 12.4 Å². The van der Waals surface area contributed by atoms with Gasteiger partial charge in [0.15, 0.2) is 0 Å². The fourth-order valence-electron chi connectivity index (χ4n) is 2.80. The summed E-state index contributed by atoms with van der Waals surface area (Å²) in [6.45, 7) is 4.82. The minimum Gasteiger partial charge on any atom is -0.497 e. The number of carbonyl (C=O) groups is 1. The van der Waals surface area contributed by atoms with Gasteiger partial charge in [0.25, 0.3) is 5.91 Å². The van der Waals surface area contributed by atoms with E-state index in [-0.39, 0.29) is 18.3 Å². The van der Waals surface area contributed by atoms with E-state index in [4.69, 9.17) is 9.47 Å². The molecule has 1 aliphatic rings. The predicted molar refractivity (Wildman–Crippen MR) is 110 cm³/mol. The number of ether oxygens (including phenoxy) is 2. The van der Waals surface area contributed by atoms with Crippen LogP contribution in [0.25, 0.3) is 0 Å². The highest BCUT2D eigenvalue weighted by atomic mass is 35.5. The van der Waals surface area contributed by atoms with E-state index in [1.807, 2.05) is 0 Å². The lowest BCUT2D eigenvalue weighted by molar-refractivity contribution is 0.0991. The molecule has 0 atom stereocenters. The van der Waals surface area contributed by atoms with Gasteiger partial charge in [0.05, 0.1) is 20.3 Å². The number of aromatic nitrogens is 3. The largest absolute Gasteiger partial charge is 0.497 e. The van der Waals surface area contributed by atoms with Gasteiger partial charge in [0.2, 0.25) is 11.9 Å². The second kappa shape index (κ2) is 10.2. The fourth-order valence-corrected chi connectivity index (χ4v) is 2.80. The van der Waals surface area contributed by atoms with E-state index in [1.54, 1.807) is 38.4 Å². The van der Waals surface area contributed by atoms with Gasteiger partial charge in [-0.05, 0) is 30.7 Å². The number of benzene rings is 1. The SMILES string of the molecule is CCCc1nc(N2CCOCC2)nc(N(C)C(=O)c2ccc(OC)cc2)n1.Cl. The van der Waals surface area contributed by atoms with Crippen LogP contribution in [0.4, 0.5) is 11.9 Å². The molecule has 1 amide bonds. The summed E-state index contributed by atoms with van der Waals surface area (Å²) < 4.78 is 10.5. The number of nitrogens with zero attached hydrogens (tertiary/aromatic N) is 5. The number of carbonyl (C=O) groups excluding carboxylic acids is 1. The van der Waals surface area contributed by atoms with Crippen molar-refractivity contribution >= 4 is 30.2 Å². The highest BCUT2D eigenvalue weighted by Gasteiger charge is 2.21. The Hall–Kier alpha value is -2.45. The summed E-state index contributed by atoms with van der Waals surface area (Å²) in [4.78, 5) is 30.0. The average molecular weight is 408 g/mol. The van der Waals surface area contributed by atoms with Crippen molar-refractivity contribution in [2.75, 3.05) is 50.3 Å². The van der Waals surface area contributed by atoms with Crippen LogP contribution in [0.15, 0.2) is 24.3 Å². The Kier molecular flexibility index (Phi) is 7.95. The number of anilines is 2. The quantitative estimate of drug-likeness (QED) is 0.727. The Balaban J connectivity index is 0.00000280. The van der Waals surface area contributed by atoms with Crippen molar-refractivity contribution in [3.05, 3.63) is 35.7 Å². The molecule has 28 heavy (non-hydrogen) atoms. The number of hydrogen-bond donors (Lipinski definition) is 0. The van der Waals surface area contributed by atoms with E-state index in [1.165, 1.54) is 4.90 Å². The second-order valence-corrected chi connectivity index (χ2v) is 6.29.